The van der Waals surface area contributed by atoms with Crippen LogP contribution in [0.4, 0.5) is 0 Å². The molecular weight excluding hydrogens is 478 g/mol. The molecule has 3 atom stereocenters. The SMILES string of the molecule is Cc1cccc(CN(C(=O)CCN2C(=O)[C@H]3CC=CC[C@H]3C2=O)[C@@H](Cc2ccccc2)C(=O)NC(C)C)c1. The third-order valence-corrected chi connectivity index (χ3v) is 7.29. The lowest BCUT2D eigenvalue weighted by atomic mass is 9.85. The van der Waals surface area contributed by atoms with Crippen LogP contribution in [0.2, 0.25) is 0 Å². The average molecular weight is 516 g/mol. The third kappa shape index (κ3) is 6.39. The molecule has 1 saturated heterocycles. The molecule has 1 N–H and O–H groups in total. The van der Waals surface area contributed by atoms with Gasteiger partial charge in [-0.05, 0) is 44.7 Å². The predicted octanol–water partition coefficient (Wildman–Crippen LogP) is 3.80. The molecule has 1 heterocycles. The molecule has 0 radical (unpaired) electrons. The van der Waals surface area contributed by atoms with Crippen LogP contribution >= 0.6 is 0 Å². The number of benzene rings is 2. The maximum atomic E-state index is 13.8. The van der Waals surface area contributed by atoms with Crippen molar-refractivity contribution < 1.29 is 19.2 Å². The van der Waals surface area contributed by atoms with Crippen LogP contribution in [-0.4, -0.2) is 52.1 Å². The molecule has 4 rings (SSSR count). The molecule has 1 aliphatic carbocycles. The number of imide groups is 1. The van der Waals surface area contributed by atoms with Crippen LogP contribution in [0.3, 0.4) is 0 Å². The molecule has 4 amide bonds. The van der Waals surface area contributed by atoms with E-state index in [1.165, 1.54) is 4.90 Å². The van der Waals surface area contributed by atoms with E-state index in [9.17, 15) is 19.2 Å². The zero-order valence-electron chi connectivity index (χ0n) is 22.4. The van der Waals surface area contributed by atoms with Gasteiger partial charge in [-0.25, -0.2) is 0 Å². The highest BCUT2D eigenvalue weighted by atomic mass is 16.2. The average Bonchev–Trinajstić information content (AvgIpc) is 3.14. The summed E-state index contributed by atoms with van der Waals surface area (Å²) >= 11 is 0. The number of amides is 4. The minimum atomic E-state index is -0.746. The molecule has 2 aliphatic rings. The maximum absolute atomic E-state index is 13.8. The van der Waals surface area contributed by atoms with Crippen LogP contribution in [0.5, 0.6) is 0 Å². The number of fused-ring (bicyclic) bond motifs is 1. The summed E-state index contributed by atoms with van der Waals surface area (Å²) in [7, 11) is 0. The Morgan fingerprint density at radius 3 is 2.18 bits per heavy atom. The summed E-state index contributed by atoms with van der Waals surface area (Å²) in [6.07, 6.45) is 5.35. The number of carbonyl (C=O) groups is 4. The van der Waals surface area contributed by atoms with Crippen molar-refractivity contribution in [2.24, 2.45) is 11.8 Å². The lowest BCUT2D eigenvalue weighted by Gasteiger charge is -2.32. The van der Waals surface area contributed by atoms with E-state index in [0.29, 0.717) is 19.3 Å². The summed E-state index contributed by atoms with van der Waals surface area (Å²) in [5, 5.41) is 2.98. The van der Waals surface area contributed by atoms with Gasteiger partial charge in [-0.2, -0.15) is 0 Å². The van der Waals surface area contributed by atoms with Crippen LogP contribution in [0.1, 0.15) is 49.8 Å². The van der Waals surface area contributed by atoms with E-state index in [0.717, 1.165) is 16.7 Å². The van der Waals surface area contributed by atoms with Crippen molar-refractivity contribution >= 4 is 23.6 Å². The molecular formula is C31H37N3O4. The molecule has 1 fully saturated rings. The standard InChI is InChI=1S/C31H37N3O4/c1-21(2)32-29(36)27(19-23-11-5-4-6-12-23)34(20-24-13-9-10-22(3)18-24)28(35)16-17-33-30(37)25-14-7-8-15-26(25)31(33)38/h4-13,18,21,25-27H,14-17,19-20H2,1-3H3,(H,32,36)/t25-,26+,27-/m0/s1. The Hall–Kier alpha value is -3.74. The van der Waals surface area contributed by atoms with Crippen LogP contribution in [0, 0.1) is 18.8 Å². The van der Waals surface area contributed by atoms with E-state index < -0.39 is 6.04 Å². The first-order valence-corrected chi connectivity index (χ1v) is 13.4. The summed E-state index contributed by atoms with van der Waals surface area (Å²) in [6.45, 7) is 6.05. The molecule has 1 aliphatic heterocycles. The number of hydrogen-bond donors (Lipinski definition) is 1. The molecule has 2 aromatic rings. The fourth-order valence-corrected chi connectivity index (χ4v) is 5.38. The Kier molecular flexibility index (Phi) is 8.77. The summed E-state index contributed by atoms with van der Waals surface area (Å²) in [6, 6.07) is 16.7. The van der Waals surface area contributed by atoms with E-state index in [1.54, 1.807) is 4.90 Å². The summed E-state index contributed by atoms with van der Waals surface area (Å²) in [4.78, 5) is 56.1. The van der Waals surface area contributed by atoms with Crippen LogP contribution in [-0.2, 0) is 32.1 Å². The van der Waals surface area contributed by atoms with Gasteiger partial charge >= 0.3 is 0 Å². The van der Waals surface area contributed by atoms with E-state index in [1.807, 2.05) is 87.5 Å². The van der Waals surface area contributed by atoms with Gasteiger partial charge in [0, 0.05) is 32.0 Å². The Bertz CT molecular complexity index is 1180. The first-order chi connectivity index (χ1) is 18.2. The summed E-state index contributed by atoms with van der Waals surface area (Å²) in [5.41, 5.74) is 2.92. The molecule has 0 aromatic heterocycles. The fourth-order valence-electron chi connectivity index (χ4n) is 5.38. The van der Waals surface area contributed by atoms with Crippen molar-refractivity contribution in [3.63, 3.8) is 0 Å². The number of nitrogens with zero attached hydrogens (tertiary/aromatic N) is 2. The summed E-state index contributed by atoms with van der Waals surface area (Å²) < 4.78 is 0. The number of aryl methyl sites for hydroxylation is 1. The molecule has 0 bridgehead atoms. The van der Waals surface area contributed by atoms with Crippen molar-refractivity contribution in [3.8, 4) is 0 Å². The van der Waals surface area contributed by atoms with Gasteiger partial charge in [0.1, 0.15) is 6.04 Å². The smallest absolute Gasteiger partial charge is 0.243 e. The van der Waals surface area contributed by atoms with Gasteiger partial charge in [0.05, 0.1) is 11.8 Å². The first-order valence-electron chi connectivity index (χ1n) is 13.4. The molecule has 0 saturated carbocycles. The number of carbonyl (C=O) groups excluding carboxylic acids is 4. The molecule has 7 heteroatoms. The highest BCUT2D eigenvalue weighted by Gasteiger charge is 2.47. The van der Waals surface area contributed by atoms with E-state index >= 15 is 0 Å². The zero-order chi connectivity index (χ0) is 27.2. The van der Waals surface area contributed by atoms with Crippen LogP contribution in [0.15, 0.2) is 66.7 Å². The Morgan fingerprint density at radius 1 is 0.947 bits per heavy atom. The van der Waals surface area contributed by atoms with Crippen molar-refractivity contribution in [2.45, 2.75) is 65.1 Å². The minimum Gasteiger partial charge on any atom is -0.352 e. The largest absolute Gasteiger partial charge is 0.352 e. The number of rotatable bonds is 10. The van der Waals surface area contributed by atoms with E-state index in [-0.39, 0.29) is 61.0 Å². The van der Waals surface area contributed by atoms with Crippen molar-refractivity contribution in [2.75, 3.05) is 6.54 Å². The fraction of sp³-hybridized carbons (Fsp3) is 0.419. The topological polar surface area (TPSA) is 86.8 Å². The Morgan fingerprint density at radius 2 is 1.58 bits per heavy atom. The predicted molar refractivity (Wildman–Crippen MR) is 146 cm³/mol. The first kappa shape index (κ1) is 27.3. The molecule has 200 valence electrons. The van der Waals surface area contributed by atoms with Gasteiger partial charge in [-0.15, -0.1) is 0 Å². The van der Waals surface area contributed by atoms with Gasteiger partial charge in [0.15, 0.2) is 0 Å². The Balaban J connectivity index is 1.59. The number of nitrogens with one attached hydrogen (secondary N) is 1. The monoisotopic (exact) mass is 515 g/mol. The number of likely N-dealkylation sites (tertiary alicyclic amines) is 1. The van der Waals surface area contributed by atoms with Crippen molar-refractivity contribution in [1.29, 1.82) is 0 Å². The molecule has 38 heavy (non-hydrogen) atoms. The number of hydrogen-bond acceptors (Lipinski definition) is 4. The van der Waals surface area contributed by atoms with Gasteiger partial charge in [-0.1, -0.05) is 72.3 Å². The molecule has 0 spiro atoms. The summed E-state index contributed by atoms with van der Waals surface area (Å²) in [5.74, 6) is -1.53. The van der Waals surface area contributed by atoms with Gasteiger partial charge in [-0.3, -0.25) is 24.1 Å². The van der Waals surface area contributed by atoms with Crippen LogP contribution < -0.4 is 5.32 Å². The highest BCUT2D eigenvalue weighted by Crippen LogP contribution is 2.35. The normalized spacial score (nSPS) is 19.4. The lowest BCUT2D eigenvalue weighted by Crippen LogP contribution is -2.52. The lowest BCUT2D eigenvalue weighted by molar-refractivity contribution is -0.144. The van der Waals surface area contributed by atoms with Gasteiger partial charge < -0.3 is 10.2 Å². The van der Waals surface area contributed by atoms with Crippen LogP contribution in [0.25, 0.3) is 0 Å². The molecule has 0 unspecified atom stereocenters. The zero-order valence-corrected chi connectivity index (χ0v) is 22.4. The van der Waals surface area contributed by atoms with Gasteiger partial charge in [0.25, 0.3) is 0 Å². The molecule has 2 aromatic carbocycles. The highest BCUT2D eigenvalue weighted by molar-refractivity contribution is 6.05. The quantitative estimate of drug-likeness (QED) is 0.385. The van der Waals surface area contributed by atoms with Crippen molar-refractivity contribution in [1.82, 2.24) is 15.1 Å². The minimum absolute atomic E-state index is 0.0255. The van der Waals surface area contributed by atoms with E-state index in [4.69, 9.17) is 0 Å². The second-order valence-electron chi connectivity index (χ2n) is 10.6. The van der Waals surface area contributed by atoms with Gasteiger partial charge in [0.2, 0.25) is 23.6 Å². The Labute approximate surface area is 224 Å². The van der Waals surface area contributed by atoms with Crippen molar-refractivity contribution in [3.05, 3.63) is 83.4 Å². The number of allylic oxidation sites excluding steroid dienone is 2. The molecule has 7 nitrogen and oxygen atoms in total. The van der Waals surface area contributed by atoms with E-state index in [2.05, 4.69) is 5.32 Å². The second kappa shape index (κ2) is 12.2. The second-order valence-corrected chi connectivity index (χ2v) is 10.6. The maximum Gasteiger partial charge on any atom is 0.243 e. The third-order valence-electron chi connectivity index (χ3n) is 7.29.